The highest BCUT2D eigenvalue weighted by Gasteiger charge is 2.21. The number of carbonyl (C=O) groups excluding carboxylic acids is 2. The van der Waals surface area contributed by atoms with E-state index in [4.69, 9.17) is 16.3 Å². The Kier molecular flexibility index (Phi) is 6.42. The normalized spacial score (nSPS) is 11.5. The summed E-state index contributed by atoms with van der Waals surface area (Å²) in [6.45, 7) is 2.03. The lowest BCUT2D eigenvalue weighted by atomic mass is 10.1. The van der Waals surface area contributed by atoms with Gasteiger partial charge in [-0.1, -0.05) is 41.9 Å². The van der Waals surface area contributed by atoms with Crippen LogP contribution in [0.2, 0.25) is 5.02 Å². The summed E-state index contributed by atoms with van der Waals surface area (Å²) in [5.74, 6) is 0.137. The molecule has 2 aromatic carbocycles. The van der Waals surface area contributed by atoms with Crippen molar-refractivity contribution < 1.29 is 14.3 Å². The molecule has 0 aromatic heterocycles. The molecule has 2 aromatic rings. The zero-order valence-corrected chi connectivity index (χ0v) is 15.2. The van der Waals surface area contributed by atoms with Crippen molar-refractivity contribution in [1.29, 1.82) is 0 Å². The summed E-state index contributed by atoms with van der Waals surface area (Å²) in [4.78, 5) is 26.4. The van der Waals surface area contributed by atoms with E-state index in [2.05, 4.69) is 5.32 Å². The van der Waals surface area contributed by atoms with Crippen LogP contribution >= 0.6 is 11.6 Å². The minimum absolute atomic E-state index is 0.202. The van der Waals surface area contributed by atoms with E-state index in [1.807, 2.05) is 24.3 Å². The van der Waals surface area contributed by atoms with Crippen molar-refractivity contribution >= 4 is 23.4 Å². The Labute approximate surface area is 152 Å². The number of nitrogens with one attached hydrogen (secondary N) is 1. The molecule has 5 nitrogen and oxygen atoms in total. The second kappa shape index (κ2) is 8.53. The van der Waals surface area contributed by atoms with Gasteiger partial charge in [-0.2, -0.15) is 0 Å². The molecular formula is C19H21ClN2O3. The minimum Gasteiger partial charge on any atom is -0.496 e. The number of ether oxygens (including phenoxy) is 1. The molecule has 0 bridgehead atoms. The molecule has 0 aliphatic rings. The highest BCUT2D eigenvalue weighted by atomic mass is 35.5. The highest BCUT2D eigenvalue weighted by Crippen LogP contribution is 2.19. The average molecular weight is 361 g/mol. The summed E-state index contributed by atoms with van der Waals surface area (Å²) in [7, 11) is 3.28. The van der Waals surface area contributed by atoms with Gasteiger partial charge >= 0.3 is 0 Å². The molecule has 132 valence electrons. The van der Waals surface area contributed by atoms with Gasteiger partial charge in [0.15, 0.2) is 0 Å². The van der Waals surface area contributed by atoms with Gasteiger partial charge in [0, 0.05) is 19.2 Å². The average Bonchev–Trinajstić information content (AvgIpc) is 2.61. The van der Waals surface area contributed by atoms with E-state index < -0.39 is 6.04 Å². The monoisotopic (exact) mass is 360 g/mol. The van der Waals surface area contributed by atoms with Gasteiger partial charge in [-0.05, 0) is 25.1 Å². The van der Waals surface area contributed by atoms with E-state index >= 15 is 0 Å². The first-order chi connectivity index (χ1) is 11.9. The predicted octanol–water partition coefficient (Wildman–Crippen LogP) is 3.13. The maximum atomic E-state index is 12.5. The molecular weight excluding hydrogens is 340 g/mol. The van der Waals surface area contributed by atoms with Crippen LogP contribution < -0.4 is 10.1 Å². The van der Waals surface area contributed by atoms with E-state index in [0.29, 0.717) is 17.1 Å². The molecule has 0 heterocycles. The van der Waals surface area contributed by atoms with Crippen LogP contribution in [-0.2, 0) is 11.3 Å². The Morgan fingerprint density at radius 3 is 2.48 bits per heavy atom. The Balaban J connectivity index is 2.01. The van der Waals surface area contributed by atoms with Crippen molar-refractivity contribution in [3.05, 3.63) is 64.7 Å². The van der Waals surface area contributed by atoms with Crippen LogP contribution in [0.5, 0.6) is 5.75 Å². The Morgan fingerprint density at radius 2 is 1.80 bits per heavy atom. The second-order valence-electron chi connectivity index (χ2n) is 5.68. The molecule has 6 heteroatoms. The van der Waals surface area contributed by atoms with E-state index in [1.165, 1.54) is 0 Å². The third kappa shape index (κ3) is 4.73. The van der Waals surface area contributed by atoms with Crippen LogP contribution in [-0.4, -0.2) is 36.9 Å². The standard InChI is InChI=1S/C19H21ClN2O3/c1-13(21-18(23)15-9-5-6-10-16(15)20)19(24)22(2)12-14-8-4-7-11-17(14)25-3/h4-11,13H,12H2,1-3H3,(H,21,23). The number of benzene rings is 2. The van der Waals surface area contributed by atoms with Crippen molar-refractivity contribution in [2.75, 3.05) is 14.2 Å². The van der Waals surface area contributed by atoms with Crippen LogP contribution in [0.4, 0.5) is 0 Å². The van der Waals surface area contributed by atoms with Crippen LogP contribution in [0.3, 0.4) is 0 Å². The third-order valence-electron chi connectivity index (χ3n) is 3.81. The quantitative estimate of drug-likeness (QED) is 0.861. The zero-order valence-electron chi connectivity index (χ0n) is 14.5. The largest absolute Gasteiger partial charge is 0.496 e. The zero-order chi connectivity index (χ0) is 18.4. The molecule has 0 aliphatic carbocycles. The summed E-state index contributed by atoms with van der Waals surface area (Å²) in [5.41, 5.74) is 1.24. The Morgan fingerprint density at radius 1 is 1.16 bits per heavy atom. The number of rotatable bonds is 6. The lowest BCUT2D eigenvalue weighted by Gasteiger charge is -2.23. The van der Waals surface area contributed by atoms with Gasteiger partial charge in [-0.3, -0.25) is 9.59 Å². The smallest absolute Gasteiger partial charge is 0.253 e. The van der Waals surface area contributed by atoms with E-state index in [0.717, 1.165) is 11.3 Å². The van der Waals surface area contributed by atoms with Crippen LogP contribution in [0, 0.1) is 0 Å². The number of para-hydroxylation sites is 1. The molecule has 2 rings (SSSR count). The first-order valence-electron chi connectivity index (χ1n) is 7.86. The molecule has 25 heavy (non-hydrogen) atoms. The summed E-state index contributed by atoms with van der Waals surface area (Å²) < 4.78 is 5.30. The van der Waals surface area contributed by atoms with E-state index in [1.54, 1.807) is 50.2 Å². The molecule has 0 fully saturated rings. The van der Waals surface area contributed by atoms with Gasteiger partial charge in [0.25, 0.3) is 5.91 Å². The maximum Gasteiger partial charge on any atom is 0.253 e. The maximum absolute atomic E-state index is 12.5. The second-order valence-corrected chi connectivity index (χ2v) is 6.09. The Hall–Kier alpha value is -2.53. The fourth-order valence-corrected chi connectivity index (χ4v) is 2.70. The molecule has 0 aliphatic heterocycles. The summed E-state index contributed by atoms with van der Waals surface area (Å²) in [6.07, 6.45) is 0. The number of carbonyl (C=O) groups is 2. The SMILES string of the molecule is COc1ccccc1CN(C)C(=O)C(C)NC(=O)c1ccccc1Cl. The van der Waals surface area contributed by atoms with E-state index in [-0.39, 0.29) is 11.8 Å². The Bertz CT molecular complexity index is 764. The predicted molar refractivity (Wildman–Crippen MR) is 97.8 cm³/mol. The molecule has 1 N–H and O–H groups in total. The van der Waals surface area contributed by atoms with Crippen molar-refractivity contribution in [3.8, 4) is 5.75 Å². The minimum atomic E-state index is -0.677. The number of hydrogen-bond acceptors (Lipinski definition) is 3. The summed E-state index contributed by atoms with van der Waals surface area (Å²) >= 11 is 6.02. The van der Waals surface area contributed by atoms with Crippen molar-refractivity contribution in [1.82, 2.24) is 10.2 Å². The van der Waals surface area contributed by atoms with Gasteiger partial charge in [0.1, 0.15) is 11.8 Å². The number of likely N-dealkylation sites (N-methyl/N-ethyl adjacent to an activating group) is 1. The number of halogens is 1. The van der Waals surface area contributed by atoms with Gasteiger partial charge in [0.05, 0.1) is 17.7 Å². The molecule has 2 amide bonds. The molecule has 0 saturated heterocycles. The van der Waals surface area contributed by atoms with Gasteiger partial charge in [-0.25, -0.2) is 0 Å². The van der Waals surface area contributed by atoms with Crippen molar-refractivity contribution in [3.63, 3.8) is 0 Å². The van der Waals surface area contributed by atoms with Crippen LogP contribution in [0.15, 0.2) is 48.5 Å². The summed E-state index contributed by atoms with van der Waals surface area (Å²) in [5, 5.41) is 3.04. The summed E-state index contributed by atoms with van der Waals surface area (Å²) in [6, 6.07) is 13.5. The van der Waals surface area contributed by atoms with Crippen LogP contribution in [0.1, 0.15) is 22.8 Å². The lowest BCUT2D eigenvalue weighted by Crippen LogP contribution is -2.45. The van der Waals surface area contributed by atoms with E-state index in [9.17, 15) is 9.59 Å². The fourth-order valence-electron chi connectivity index (χ4n) is 2.48. The van der Waals surface area contributed by atoms with Crippen LogP contribution in [0.25, 0.3) is 0 Å². The molecule has 0 saturated carbocycles. The third-order valence-corrected chi connectivity index (χ3v) is 4.14. The topological polar surface area (TPSA) is 58.6 Å². The number of nitrogens with zero attached hydrogens (tertiary/aromatic N) is 1. The first kappa shape index (κ1) is 18.8. The lowest BCUT2D eigenvalue weighted by molar-refractivity contribution is -0.132. The molecule has 1 unspecified atom stereocenters. The number of hydrogen-bond donors (Lipinski definition) is 1. The number of amides is 2. The molecule has 1 atom stereocenters. The van der Waals surface area contributed by atoms with Crippen molar-refractivity contribution in [2.45, 2.75) is 19.5 Å². The number of methoxy groups -OCH3 is 1. The van der Waals surface area contributed by atoms with Gasteiger partial charge in [-0.15, -0.1) is 0 Å². The molecule has 0 radical (unpaired) electrons. The fraction of sp³-hybridized carbons (Fsp3) is 0.263. The first-order valence-corrected chi connectivity index (χ1v) is 8.24. The van der Waals surface area contributed by atoms with Gasteiger partial charge < -0.3 is 15.0 Å². The van der Waals surface area contributed by atoms with Gasteiger partial charge in [0.2, 0.25) is 5.91 Å². The highest BCUT2D eigenvalue weighted by molar-refractivity contribution is 6.33. The molecule has 0 spiro atoms. The van der Waals surface area contributed by atoms with Crippen molar-refractivity contribution in [2.24, 2.45) is 0 Å².